The van der Waals surface area contributed by atoms with Crippen molar-refractivity contribution in [2.75, 3.05) is 20.6 Å². The fourth-order valence-electron chi connectivity index (χ4n) is 1.80. The van der Waals surface area contributed by atoms with Gasteiger partial charge in [0, 0.05) is 23.6 Å². The van der Waals surface area contributed by atoms with E-state index in [4.69, 9.17) is 5.26 Å². The Bertz CT molecular complexity index is 532. The van der Waals surface area contributed by atoms with Crippen molar-refractivity contribution in [3.05, 3.63) is 35.5 Å². The molecular formula is C15H21N3. The molecule has 0 aliphatic rings. The van der Waals surface area contributed by atoms with E-state index in [0.717, 1.165) is 24.0 Å². The van der Waals surface area contributed by atoms with Crippen LogP contribution in [-0.2, 0) is 6.42 Å². The number of nitriles is 1. The van der Waals surface area contributed by atoms with Gasteiger partial charge in [-0.3, -0.25) is 0 Å². The molecule has 0 amide bonds. The summed E-state index contributed by atoms with van der Waals surface area (Å²) in [6, 6.07) is 7.94. The Morgan fingerprint density at radius 1 is 1.28 bits per heavy atom. The minimum atomic E-state index is 0.721. The van der Waals surface area contributed by atoms with Crippen LogP contribution in [0.25, 0.3) is 10.9 Å². The van der Waals surface area contributed by atoms with Crippen LogP contribution in [0.3, 0.4) is 0 Å². The number of likely N-dealkylation sites (N-methyl/N-ethyl adjacent to an activating group) is 1. The summed E-state index contributed by atoms with van der Waals surface area (Å²) in [5.41, 5.74) is 3.10. The highest BCUT2D eigenvalue weighted by molar-refractivity contribution is 5.84. The molecule has 0 saturated carbocycles. The third-order valence-electron chi connectivity index (χ3n) is 2.72. The monoisotopic (exact) mass is 243 g/mol. The van der Waals surface area contributed by atoms with Gasteiger partial charge in [0.1, 0.15) is 0 Å². The highest BCUT2D eigenvalue weighted by atomic mass is 15.0. The number of hydrogen-bond donors (Lipinski definition) is 1. The number of rotatable bonds is 3. The zero-order valence-corrected chi connectivity index (χ0v) is 11.6. The SMILES string of the molecule is CC.CN(C)CCc1c[nH]c2ccc(C#N)cc12. The van der Waals surface area contributed by atoms with E-state index in [1.807, 2.05) is 38.2 Å². The molecule has 0 fully saturated rings. The average molecular weight is 243 g/mol. The van der Waals surface area contributed by atoms with Gasteiger partial charge in [0.25, 0.3) is 0 Å². The molecule has 0 radical (unpaired) electrons. The van der Waals surface area contributed by atoms with Gasteiger partial charge >= 0.3 is 0 Å². The van der Waals surface area contributed by atoms with Crippen LogP contribution in [0.2, 0.25) is 0 Å². The molecule has 0 saturated heterocycles. The van der Waals surface area contributed by atoms with E-state index < -0.39 is 0 Å². The molecule has 2 rings (SSSR count). The van der Waals surface area contributed by atoms with E-state index >= 15 is 0 Å². The van der Waals surface area contributed by atoms with Crippen LogP contribution in [0.1, 0.15) is 25.0 Å². The Hall–Kier alpha value is -1.79. The van der Waals surface area contributed by atoms with Gasteiger partial charge in [-0.25, -0.2) is 0 Å². The van der Waals surface area contributed by atoms with Crippen molar-refractivity contribution in [1.29, 1.82) is 5.26 Å². The molecule has 0 aliphatic carbocycles. The van der Waals surface area contributed by atoms with Crippen molar-refractivity contribution < 1.29 is 0 Å². The Balaban J connectivity index is 0.000000771. The maximum Gasteiger partial charge on any atom is 0.0991 e. The second kappa shape index (κ2) is 6.83. The molecule has 0 atom stereocenters. The molecule has 0 spiro atoms. The molecular weight excluding hydrogens is 222 g/mol. The summed E-state index contributed by atoms with van der Waals surface area (Å²) in [4.78, 5) is 5.39. The summed E-state index contributed by atoms with van der Waals surface area (Å²) in [5.74, 6) is 0. The fourth-order valence-corrected chi connectivity index (χ4v) is 1.80. The topological polar surface area (TPSA) is 42.8 Å². The van der Waals surface area contributed by atoms with Crippen LogP contribution in [-0.4, -0.2) is 30.5 Å². The van der Waals surface area contributed by atoms with Gasteiger partial charge < -0.3 is 9.88 Å². The lowest BCUT2D eigenvalue weighted by Crippen LogP contribution is -2.14. The van der Waals surface area contributed by atoms with Crippen molar-refractivity contribution in [3.63, 3.8) is 0 Å². The average Bonchev–Trinajstić information content (AvgIpc) is 2.80. The van der Waals surface area contributed by atoms with E-state index in [9.17, 15) is 0 Å². The number of aromatic amines is 1. The largest absolute Gasteiger partial charge is 0.361 e. The molecule has 1 heterocycles. The molecule has 3 heteroatoms. The highest BCUT2D eigenvalue weighted by Crippen LogP contribution is 2.20. The van der Waals surface area contributed by atoms with Gasteiger partial charge in [0.15, 0.2) is 0 Å². The Kier molecular flexibility index (Phi) is 5.41. The molecule has 0 aliphatic heterocycles. The number of nitrogens with zero attached hydrogens (tertiary/aromatic N) is 2. The Labute approximate surface area is 109 Å². The van der Waals surface area contributed by atoms with Gasteiger partial charge in [-0.1, -0.05) is 13.8 Å². The van der Waals surface area contributed by atoms with E-state index in [1.165, 1.54) is 10.9 Å². The van der Waals surface area contributed by atoms with Gasteiger partial charge in [-0.05, 0) is 44.3 Å². The van der Waals surface area contributed by atoms with Gasteiger partial charge in [-0.15, -0.1) is 0 Å². The van der Waals surface area contributed by atoms with Crippen LogP contribution >= 0.6 is 0 Å². The predicted molar refractivity (Wildman–Crippen MR) is 76.6 cm³/mol. The van der Waals surface area contributed by atoms with Crippen LogP contribution in [0.15, 0.2) is 24.4 Å². The summed E-state index contributed by atoms with van der Waals surface area (Å²) in [7, 11) is 4.13. The molecule has 18 heavy (non-hydrogen) atoms. The zero-order chi connectivity index (χ0) is 13.5. The quantitative estimate of drug-likeness (QED) is 0.899. The van der Waals surface area contributed by atoms with E-state index in [0.29, 0.717) is 0 Å². The minimum absolute atomic E-state index is 0.721. The number of benzene rings is 1. The number of hydrogen-bond acceptors (Lipinski definition) is 2. The maximum absolute atomic E-state index is 8.88. The molecule has 1 aromatic carbocycles. The summed E-state index contributed by atoms with van der Waals surface area (Å²) >= 11 is 0. The van der Waals surface area contributed by atoms with Crippen molar-refractivity contribution >= 4 is 10.9 Å². The maximum atomic E-state index is 8.88. The Morgan fingerprint density at radius 3 is 2.61 bits per heavy atom. The first-order valence-corrected chi connectivity index (χ1v) is 6.35. The van der Waals surface area contributed by atoms with Crippen LogP contribution in [0.4, 0.5) is 0 Å². The smallest absolute Gasteiger partial charge is 0.0991 e. The Morgan fingerprint density at radius 2 is 2.00 bits per heavy atom. The highest BCUT2D eigenvalue weighted by Gasteiger charge is 2.04. The molecule has 3 nitrogen and oxygen atoms in total. The normalized spacial score (nSPS) is 10.0. The first-order chi connectivity index (χ1) is 8.70. The number of fused-ring (bicyclic) bond motifs is 1. The third-order valence-corrected chi connectivity index (χ3v) is 2.72. The number of H-pyrrole nitrogens is 1. The lowest BCUT2D eigenvalue weighted by Gasteiger charge is -2.08. The van der Waals surface area contributed by atoms with Gasteiger partial charge in [0.2, 0.25) is 0 Å². The van der Waals surface area contributed by atoms with Crippen molar-refractivity contribution in [1.82, 2.24) is 9.88 Å². The van der Waals surface area contributed by atoms with Crippen LogP contribution in [0, 0.1) is 11.3 Å². The van der Waals surface area contributed by atoms with Crippen molar-refractivity contribution in [2.45, 2.75) is 20.3 Å². The van der Waals surface area contributed by atoms with Gasteiger partial charge in [-0.2, -0.15) is 5.26 Å². The second-order valence-corrected chi connectivity index (χ2v) is 4.24. The molecule has 2 aromatic rings. The van der Waals surface area contributed by atoms with E-state index in [1.54, 1.807) is 0 Å². The van der Waals surface area contributed by atoms with Crippen LogP contribution < -0.4 is 0 Å². The predicted octanol–water partition coefficient (Wildman–Crippen LogP) is 3.17. The van der Waals surface area contributed by atoms with E-state index in [2.05, 4.69) is 30.0 Å². The standard InChI is InChI=1S/C13H15N3.C2H6/c1-16(2)6-5-11-9-15-13-4-3-10(8-14)7-12(11)13;1-2/h3-4,7,9,15H,5-6H2,1-2H3;1-2H3. The second-order valence-electron chi connectivity index (χ2n) is 4.24. The summed E-state index contributed by atoms with van der Waals surface area (Å²) < 4.78 is 0. The van der Waals surface area contributed by atoms with Crippen molar-refractivity contribution in [2.24, 2.45) is 0 Å². The zero-order valence-electron chi connectivity index (χ0n) is 11.6. The molecule has 0 unspecified atom stereocenters. The molecule has 0 bridgehead atoms. The minimum Gasteiger partial charge on any atom is -0.361 e. The van der Waals surface area contributed by atoms with Crippen LogP contribution in [0.5, 0.6) is 0 Å². The lowest BCUT2D eigenvalue weighted by molar-refractivity contribution is 0.414. The first kappa shape index (κ1) is 14.3. The van der Waals surface area contributed by atoms with Gasteiger partial charge in [0.05, 0.1) is 11.6 Å². The first-order valence-electron chi connectivity index (χ1n) is 6.35. The molecule has 1 aromatic heterocycles. The fraction of sp³-hybridized carbons (Fsp3) is 0.400. The molecule has 1 N–H and O–H groups in total. The van der Waals surface area contributed by atoms with E-state index in [-0.39, 0.29) is 0 Å². The summed E-state index contributed by atoms with van der Waals surface area (Å²) in [6.45, 7) is 5.02. The number of aromatic nitrogens is 1. The molecule has 96 valence electrons. The third kappa shape index (κ3) is 3.35. The lowest BCUT2D eigenvalue weighted by atomic mass is 10.1. The number of nitrogens with one attached hydrogen (secondary N) is 1. The summed E-state index contributed by atoms with van der Waals surface area (Å²) in [5, 5.41) is 10.0. The summed E-state index contributed by atoms with van der Waals surface area (Å²) in [6.07, 6.45) is 3.04. The van der Waals surface area contributed by atoms with Crippen molar-refractivity contribution in [3.8, 4) is 6.07 Å².